The number of nitrogens with zero attached hydrogens (tertiary/aromatic N) is 1. The van der Waals surface area contributed by atoms with Gasteiger partial charge in [-0.1, -0.05) is 0 Å². The lowest BCUT2D eigenvalue weighted by atomic mass is 10.1. The molecule has 114 valence electrons. The molecule has 0 bridgehead atoms. The lowest BCUT2D eigenvalue weighted by Gasteiger charge is -2.13. The molecule has 0 heterocycles. The monoisotopic (exact) mass is 320 g/mol. The quantitative estimate of drug-likeness (QED) is 0.922. The molecule has 0 saturated heterocycles. The number of halogens is 3. The lowest BCUT2D eigenvalue weighted by Crippen LogP contribution is -2.32. The van der Waals surface area contributed by atoms with Gasteiger partial charge in [-0.15, -0.1) is 0 Å². The van der Waals surface area contributed by atoms with Gasteiger partial charge < -0.3 is 5.32 Å². The Morgan fingerprint density at radius 1 is 1.38 bits per heavy atom. The Bertz CT molecular complexity index is 705. The molecule has 0 aromatic heterocycles. The van der Waals surface area contributed by atoms with Gasteiger partial charge >= 0.3 is 6.18 Å². The third-order valence-corrected chi connectivity index (χ3v) is 4.24. The standard InChI is InChI=1S/C12H11F3N2O3S/c1-7(21(2,19)20)11(18)17-10-4-3-9(12(13,14)15)5-8(10)6-16/h3-5,7H,1-2H3,(H,17,18). The molecule has 0 saturated carbocycles. The van der Waals surface area contributed by atoms with Gasteiger partial charge in [0.25, 0.3) is 0 Å². The summed E-state index contributed by atoms with van der Waals surface area (Å²) in [5, 5.41) is 9.59. The predicted octanol–water partition coefficient (Wildman–Crippen LogP) is 1.95. The zero-order valence-electron chi connectivity index (χ0n) is 11.0. The van der Waals surface area contributed by atoms with Crippen molar-refractivity contribution >= 4 is 21.4 Å². The van der Waals surface area contributed by atoms with E-state index in [4.69, 9.17) is 5.26 Å². The second-order valence-electron chi connectivity index (χ2n) is 4.33. The van der Waals surface area contributed by atoms with Gasteiger partial charge in [-0.25, -0.2) is 8.42 Å². The molecule has 0 aliphatic carbocycles. The second-order valence-corrected chi connectivity index (χ2v) is 6.70. The molecule has 1 amide bonds. The Balaban J connectivity index is 3.11. The van der Waals surface area contributed by atoms with E-state index < -0.39 is 38.3 Å². The number of hydrogen-bond acceptors (Lipinski definition) is 4. The summed E-state index contributed by atoms with van der Waals surface area (Å²) in [5.74, 6) is -0.922. The predicted molar refractivity (Wildman–Crippen MR) is 69.1 cm³/mol. The Hall–Kier alpha value is -2.08. The van der Waals surface area contributed by atoms with Crippen LogP contribution in [-0.4, -0.2) is 25.8 Å². The minimum absolute atomic E-state index is 0.175. The summed E-state index contributed by atoms with van der Waals surface area (Å²) < 4.78 is 60.0. The molecule has 0 spiro atoms. The molecule has 9 heteroatoms. The van der Waals surface area contributed by atoms with Crippen molar-refractivity contribution in [3.8, 4) is 6.07 Å². The van der Waals surface area contributed by atoms with Crippen LogP contribution in [-0.2, 0) is 20.8 Å². The zero-order valence-corrected chi connectivity index (χ0v) is 11.8. The number of sulfone groups is 1. The van der Waals surface area contributed by atoms with Gasteiger partial charge in [0.2, 0.25) is 5.91 Å². The van der Waals surface area contributed by atoms with Gasteiger partial charge in [0.15, 0.2) is 9.84 Å². The minimum atomic E-state index is -4.62. The SMILES string of the molecule is CC(C(=O)Nc1ccc(C(F)(F)F)cc1C#N)S(C)(=O)=O. The van der Waals surface area contributed by atoms with Crippen LogP contribution < -0.4 is 5.32 Å². The molecule has 1 unspecified atom stereocenters. The third kappa shape index (κ3) is 4.19. The smallest absolute Gasteiger partial charge is 0.324 e. The first-order valence-electron chi connectivity index (χ1n) is 5.58. The zero-order chi connectivity index (χ0) is 16.4. The Morgan fingerprint density at radius 2 is 1.95 bits per heavy atom. The average molecular weight is 320 g/mol. The van der Waals surface area contributed by atoms with Crippen LogP contribution in [0.2, 0.25) is 0 Å². The first-order valence-corrected chi connectivity index (χ1v) is 7.53. The largest absolute Gasteiger partial charge is 0.416 e. The fourth-order valence-electron chi connectivity index (χ4n) is 1.35. The number of anilines is 1. The van der Waals surface area contributed by atoms with Crippen molar-refractivity contribution in [3.05, 3.63) is 29.3 Å². The highest BCUT2D eigenvalue weighted by molar-refractivity contribution is 7.92. The molecule has 0 radical (unpaired) electrons. The summed E-state index contributed by atoms with van der Waals surface area (Å²) in [7, 11) is -3.65. The van der Waals surface area contributed by atoms with Crippen molar-refractivity contribution < 1.29 is 26.4 Å². The van der Waals surface area contributed by atoms with Gasteiger partial charge in [-0.05, 0) is 25.1 Å². The van der Waals surface area contributed by atoms with E-state index >= 15 is 0 Å². The number of carbonyl (C=O) groups is 1. The summed E-state index contributed by atoms with van der Waals surface area (Å²) in [6.07, 6.45) is -3.76. The fraction of sp³-hybridized carbons (Fsp3) is 0.333. The number of benzene rings is 1. The van der Waals surface area contributed by atoms with Gasteiger partial charge in [0, 0.05) is 6.26 Å². The number of rotatable bonds is 3. The van der Waals surface area contributed by atoms with E-state index in [0.717, 1.165) is 19.2 Å². The van der Waals surface area contributed by atoms with Crippen molar-refractivity contribution in [1.29, 1.82) is 5.26 Å². The van der Waals surface area contributed by atoms with E-state index in [9.17, 15) is 26.4 Å². The fourth-order valence-corrected chi connectivity index (χ4v) is 1.80. The second kappa shape index (κ2) is 5.73. The van der Waals surface area contributed by atoms with Gasteiger partial charge in [0.1, 0.15) is 11.3 Å². The number of carbonyl (C=O) groups excluding carboxylic acids is 1. The topological polar surface area (TPSA) is 87.0 Å². The number of nitrogens with one attached hydrogen (secondary N) is 1. The van der Waals surface area contributed by atoms with Gasteiger partial charge in [0.05, 0.1) is 16.8 Å². The summed E-state index contributed by atoms with van der Waals surface area (Å²) >= 11 is 0. The van der Waals surface area contributed by atoms with Crippen molar-refractivity contribution in [3.63, 3.8) is 0 Å². The molecule has 1 aromatic rings. The Labute approximate surface area is 119 Å². The first kappa shape index (κ1) is 17.0. The van der Waals surface area contributed by atoms with Gasteiger partial charge in [-0.3, -0.25) is 4.79 Å². The normalized spacial score (nSPS) is 13.3. The highest BCUT2D eigenvalue weighted by Gasteiger charge is 2.31. The molecule has 1 N–H and O–H groups in total. The van der Waals surface area contributed by atoms with Crippen LogP contribution in [0.4, 0.5) is 18.9 Å². The number of alkyl halides is 3. The number of amides is 1. The molecular formula is C12H11F3N2O3S. The van der Waals surface area contributed by atoms with E-state index in [-0.39, 0.29) is 5.69 Å². The maximum atomic E-state index is 12.5. The Kier molecular flexibility index (Phi) is 4.63. The maximum absolute atomic E-state index is 12.5. The van der Waals surface area contributed by atoms with E-state index in [2.05, 4.69) is 5.32 Å². The number of nitriles is 1. The third-order valence-electron chi connectivity index (χ3n) is 2.74. The summed E-state index contributed by atoms with van der Waals surface area (Å²) in [4.78, 5) is 11.7. The van der Waals surface area contributed by atoms with Crippen LogP contribution in [0.25, 0.3) is 0 Å². The van der Waals surface area contributed by atoms with Crippen molar-refractivity contribution in [2.45, 2.75) is 18.3 Å². The minimum Gasteiger partial charge on any atom is -0.324 e. The molecule has 5 nitrogen and oxygen atoms in total. The molecular weight excluding hydrogens is 309 g/mol. The van der Waals surface area contributed by atoms with E-state index in [1.54, 1.807) is 0 Å². The van der Waals surface area contributed by atoms with Crippen molar-refractivity contribution in [2.75, 3.05) is 11.6 Å². The van der Waals surface area contributed by atoms with E-state index in [1.807, 2.05) is 0 Å². The molecule has 21 heavy (non-hydrogen) atoms. The lowest BCUT2D eigenvalue weighted by molar-refractivity contribution is -0.137. The molecule has 0 aliphatic heterocycles. The molecule has 0 fully saturated rings. The summed E-state index contributed by atoms with van der Waals surface area (Å²) in [6.45, 7) is 1.14. The summed E-state index contributed by atoms with van der Waals surface area (Å²) in [5.41, 5.74) is -1.61. The average Bonchev–Trinajstić information content (AvgIpc) is 2.35. The van der Waals surface area contributed by atoms with Gasteiger partial charge in [-0.2, -0.15) is 18.4 Å². The maximum Gasteiger partial charge on any atom is 0.416 e. The molecule has 1 aromatic carbocycles. The summed E-state index contributed by atoms with van der Waals surface area (Å²) in [6, 6.07) is 3.72. The van der Waals surface area contributed by atoms with Crippen LogP contribution in [0.15, 0.2) is 18.2 Å². The van der Waals surface area contributed by atoms with Crippen LogP contribution in [0.3, 0.4) is 0 Å². The van der Waals surface area contributed by atoms with Crippen molar-refractivity contribution in [1.82, 2.24) is 0 Å². The number of hydrogen-bond donors (Lipinski definition) is 1. The highest BCUT2D eigenvalue weighted by Crippen LogP contribution is 2.31. The van der Waals surface area contributed by atoms with Crippen molar-refractivity contribution in [2.24, 2.45) is 0 Å². The highest BCUT2D eigenvalue weighted by atomic mass is 32.2. The Morgan fingerprint density at radius 3 is 2.38 bits per heavy atom. The van der Waals surface area contributed by atoms with Crippen LogP contribution in [0, 0.1) is 11.3 Å². The first-order chi connectivity index (χ1) is 9.46. The molecule has 1 rings (SSSR count). The van der Waals surface area contributed by atoms with E-state index in [0.29, 0.717) is 12.1 Å². The van der Waals surface area contributed by atoms with Crippen LogP contribution in [0.1, 0.15) is 18.1 Å². The molecule has 1 atom stereocenters. The van der Waals surface area contributed by atoms with Crippen LogP contribution in [0.5, 0.6) is 0 Å². The molecule has 0 aliphatic rings. The van der Waals surface area contributed by atoms with Crippen LogP contribution >= 0.6 is 0 Å². The van der Waals surface area contributed by atoms with E-state index in [1.165, 1.54) is 6.07 Å².